The molecule has 4 heterocycles. The maximum atomic E-state index is 13.4. The quantitative estimate of drug-likeness (QED) is 0.0340. The highest BCUT2D eigenvalue weighted by Gasteiger charge is 2.47. The van der Waals surface area contributed by atoms with Crippen molar-refractivity contribution in [1.82, 2.24) is 19.1 Å². The molecule has 3 aromatic carbocycles. The lowest BCUT2D eigenvalue weighted by atomic mass is 9.80. The van der Waals surface area contributed by atoms with Crippen molar-refractivity contribution >= 4 is 16.9 Å². The minimum Gasteiger partial charge on any atom is -0.497 e. The highest BCUT2D eigenvalue weighted by molar-refractivity contribution is 7.41. The molecule has 0 saturated carbocycles. The van der Waals surface area contributed by atoms with Crippen LogP contribution >= 0.6 is 8.60 Å². The van der Waals surface area contributed by atoms with Crippen LogP contribution in [0.3, 0.4) is 0 Å². The monoisotopic (exact) mass is 999 g/mol. The Morgan fingerprint density at radius 1 is 0.714 bits per heavy atom. The topological polar surface area (TPSA) is 217 Å². The Hall–Kier alpha value is -5.52. The van der Waals surface area contributed by atoms with Gasteiger partial charge in [-0.1, -0.05) is 75.4 Å². The van der Waals surface area contributed by atoms with Crippen LogP contribution in [-0.4, -0.2) is 85.9 Å². The van der Waals surface area contributed by atoms with Crippen molar-refractivity contribution in [3.8, 4) is 17.6 Å². The molecule has 2 aliphatic heterocycles. The Labute approximate surface area is 408 Å². The fraction of sp³-hybridized carbons (Fsp3) is 0.460. The van der Waals surface area contributed by atoms with E-state index in [9.17, 15) is 24.4 Å². The summed E-state index contributed by atoms with van der Waals surface area (Å²) in [6.45, 7) is 13.6. The fourth-order valence-electron chi connectivity index (χ4n) is 8.22. The van der Waals surface area contributed by atoms with E-state index in [1.54, 1.807) is 28.1 Å². The molecule has 7 rings (SSSR count). The van der Waals surface area contributed by atoms with Gasteiger partial charge in [0.05, 0.1) is 58.7 Å². The van der Waals surface area contributed by atoms with Gasteiger partial charge in [0.1, 0.15) is 41.8 Å². The largest absolute Gasteiger partial charge is 0.497 e. The first kappa shape index (κ1) is 52.3. The summed E-state index contributed by atoms with van der Waals surface area (Å²) in [5.41, 5.74) is -0.534. The zero-order valence-electron chi connectivity index (χ0n) is 41.0. The summed E-state index contributed by atoms with van der Waals surface area (Å²) >= 11 is 0. The van der Waals surface area contributed by atoms with Crippen molar-refractivity contribution in [2.45, 2.75) is 114 Å². The summed E-state index contributed by atoms with van der Waals surface area (Å²) in [4.78, 5) is 56.0. The van der Waals surface area contributed by atoms with Gasteiger partial charge in [-0.25, -0.2) is 9.59 Å². The molecule has 2 saturated heterocycles. The standard InChI is InChI=1S/C50H62N5O13PSi/c1-32-28-54(47(58)52-45(32)56)43-26-39(41(65-43)30-62-50(34-14-11-10-12-15-34,35-16-20-37(60-6)21-17-35)36-18-22-38(61-7)23-19-36)67-69(63-25-13-24-51)64-31-42-40(68-70(8,9)49(3,4)5)27-44(66-42)55-29-33(2)46(57)53-48(55)59/h10-12,14-23,28-29,39-44H,13,25-27,30-31H2,1-9H3,(H,52,56,58)(H,53,57,59)/t39-,40-,41+,42+,43+,44+,69?/m0/s1. The number of nitriles is 1. The molecular weight excluding hydrogens is 938 g/mol. The summed E-state index contributed by atoms with van der Waals surface area (Å²) in [5, 5.41) is 9.37. The van der Waals surface area contributed by atoms with Crippen LogP contribution in [0.2, 0.25) is 18.1 Å². The lowest BCUT2D eigenvalue weighted by molar-refractivity contribution is -0.0939. The van der Waals surface area contributed by atoms with Gasteiger partial charge in [0, 0.05) is 36.4 Å². The molecule has 2 aromatic heterocycles. The number of rotatable bonds is 20. The Bertz CT molecular complexity index is 2790. The third-order valence-corrected chi connectivity index (χ3v) is 18.8. The molecule has 0 aliphatic carbocycles. The molecule has 7 atom stereocenters. The van der Waals surface area contributed by atoms with Crippen LogP contribution in [-0.2, 0) is 37.8 Å². The van der Waals surface area contributed by atoms with Crippen LogP contribution in [0.1, 0.15) is 80.3 Å². The Kier molecular flexibility index (Phi) is 16.6. The third kappa shape index (κ3) is 11.6. The molecule has 0 amide bonds. The first-order valence-corrected chi connectivity index (χ1v) is 27.1. The summed E-state index contributed by atoms with van der Waals surface area (Å²) in [6, 6.07) is 27.0. The second kappa shape index (κ2) is 22.3. The molecule has 2 aliphatic rings. The zero-order chi connectivity index (χ0) is 50.4. The maximum Gasteiger partial charge on any atom is 0.333 e. The van der Waals surface area contributed by atoms with E-state index in [0.29, 0.717) is 22.6 Å². The van der Waals surface area contributed by atoms with E-state index >= 15 is 0 Å². The molecule has 5 aromatic rings. The van der Waals surface area contributed by atoms with Crippen LogP contribution in [0.15, 0.2) is 110 Å². The van der Waals surface area contributed by atoms with Gasteiger partial charge >= 0.3 is 20.0 Å². The number of aromatic amines is 2. The molecule has 20 heteroatoms. The van der Waals surface area contributed by atoms with E-state index in [4.69, 9.17) is 41.7 Å². The van der Waals surface area contributed by atoms with Gasteiger partial charge in [-0.2, -0.15) is 5.26 Å². The van der Waals surface area contributed by atoms with E-state index in [1.807, 2.05) is 78.9 Å². The zero-order valence-corrected chi connectivity index (χ0v) is 42.9. The molecule has 374 valence electrons. The molecule has 0 spiro atoms. The average Bonchev–Trinajstić information content (AvgIpc) is 3.93. The smallest absolute Gasteiger partial charge is 0.333 e. The minimum atomic E-state index is -2.42. The van der Waals surface area contributed by atoms with Crippen LogP contribution < -0.4 is 32.0 Å². The number of methoxy groups -OCH3 is 2. The van der Waals surface area contributed by atoms with Gasteiger partial charge in [-0.05, 0) is 72.9 Å². The van der Waals surface area contributed by atoms with Crippen LogP contribution in [0.25, 0.3) is 0 Å². The lowest BCUT2D eigenvalue weighted by Crippen LogP contribution is -2.46. The molecule has 18 nitrogen and oxygen atoms in total. The van der Waals surface area contributed by atoms with Crippen molar-refractivity contribution in [3.05, 3.63) is 161 Å². The summed E-state index contributed by atoms with van der Waals surface area (Å²) in [7, 11) is -1.50. The van der Waals surface area contributed by atoms with Gasteiger partial charge in [-0.3, -0.25) is 28.7 Å². The SMILES string of the molecule is COc1ccc(C(OC[C@H]2O[C@@H](n3cc(C)c(=O)[nH]c3=O)C[C@@H]2OP(OCCC#N)OC[C@H]2O[C@@H](n3cc(C)c(=O)[nH]c3=O)C[C@@H]2O[Si](C)(C)C(C)(C)C)(c2ccccc2)c2ccc(OC)cc2)cc1. The first-order chi connectivity index (χ1) is 33.4. The molecular formula is C50H62N5O13PSi. The predicted molar refractivity (Wildman–Crippen MR) is 263 cm³/mol. The number of hydrogen-bond acceptors (Lipinski definition) is 14. The van der Waals surface area contributed by atoms with Crippen molar-refractivity contribution in [2.24, 2.45) is 0 Å². The second-order valence-electron chi connectivity index (χ2n) is 18.8. The number of aryl methyl sites for hydroxylation is 2. The van der Waals surface area contributed by atoms with E-state index in [1.165, 1.54) is 21.5 Å². The Morgan fingerprint density at radius 2 is 1.20 bits per heavy atom. The molecule has 2 N–H and O–H groups in total. The first-order valence-electron chi connectivity index (χ1n) is 23.1. The van der Waals surface area contributed by atoms with E-state index in [0.717, 1.165) is 16.7 Å². The van der Waals surface area contributed by atoms with Crippen LogP contribution in [0.4, 0.5) is 0 Å². The molecule has 1 unspecified atom stereocenters. The number of nitrogens with one attached hydrogen (secondary N) is 2. The lowest BCUT2D eigenvalue weighted by Gasteiger charge is -2.39. The number of hydrogen-bond donors (Lipinski definition) is 2. The number of ether oxygens (including phenoxy) is 5. The van der Waals surface area contributed by atoms with Crippen molar-refractivity contribution in [2.75, 3.05) is 34.0 Å². The van der Waals surface area contributed by atoms with Crippen LogP contribution in [0, 0.1) is 25.2 Å². The Morgan fingerprint density at radius 3 is 1.69 bits per heavy atom. The second-order valence-corrected chi connectivity index (χ2v) is 24.8. The van der Waals surface area contributed by atoms with Gasteiger partial charge in [0.25, 0.3) is 11.1 Å². The van der Waals surface area contributed by atoms with Gasteiger partial charge in [0.15, 0.2) is 8.32 Å². The minimum absolute atomic E-state index is 0.0326. The molecule has 0 radical (unpaired) electrons. The maximum absolute atomic E-state index is 13.4. The van der Waals surface area contributed by atoms with Gasteiger partial charge < -0.3 is 41.7 Å². The number of nitrogens with zero attached hydrogens (tertiary/aromatic N) is 3. The summed E-state index contributed by atoms with van der Waals surface area (Å²) in [6.07, 6.45) is -1.35. The number of aromatic nitrogens is 4. The van der Waals surface area contributed by atoms with Crippen molar-refractivity contribution in [1.29, 1.82) is 5.26 Å². The fourth-order valence-corrected chi connectivity index (χ4v) is 10.7. The van der Waals surface area contributed by atoms with E-state index < -0.39 is 81.9 Å². The summed E-state index contributed by atoms with van der Waals surface area (Å²) < 4.78 is 60.6. The molecule has 70 heavy (non-hydrogen) atoms. The number of H-pyrrole nitrogens is 2. The van der Waals surface area contributed by atoms with E-state index in [-0.39, 0.29) is 44.1 Å². The predicted octanol–water partition coefficient (Wildman–Crippen LogP) is 7.25. The van der Waals surface area contributed by atoms with Crippen LogP contribution in [0.5, 0.6) is 11.5 Å². The van der Waals surface area contributed by atoms with E-state index in [2.05, 4.69) is 49.9 Å². The highest BCUT2D eigenvalue weighted by Crippen LogP contribution is 2.49. The average molecular weight is 1000 g/mol. The van der Waals surface area contributed by atoms with Crippen molar-refractivity contribution in [3.63, 3.8) is 0 Å². The van der Waals surface area contributed by atoms with Crippen molar-refractivity contribution < 1.29 is 41.7 Å². The number of benzene rings is 3. The van der Waals surface area contributed by atoms with Gasteiger partial charge in [-0.15, -0.1) is 0 Å². The Balaban J connectivity index is 1.24. The summed E-state index contributed by atoms with van der Waals surface area (Å²) in [5.74, 6) is 1.30. The highest BCUT2D eigenvalue weighted by atomic mass is 31.2. The third-order valence-electron chi connectivity index (χ3n) is 13.1. The normalized spacial score (nSPS) is 21.1. The van der Waals surface area contributed by atoms with Gasteiger partial charge in [0.2, 0.25) is 0 Å². The molecule has 2 fully saturated rings. The molecule has 0 bridgehead atoms.